The molecule has 1 amide bonds. The third kappa shape index (κ3) is 6.11. The van der Waals surface area contributed by atoms with Crippen molar-refractivity contribution < 1.29 is 27.5 Å². The van der Waals surface area contributed by atoms with E-state index in [-0.39, 0.29) is 22.6 Å². The number of carbonyl (C=O) groups is 2. The average molecular weight is 489 g/mol. The van der Waals surface area contributed by atoms with E-state index >= 15 is 0 Å². The fraction of sp³-hybridized carbons (Fsp3) is 0.217. The van der Waals surface area contributed by atoms with E-state index in [0.717, 1.165) is 10.4 Å². The third-order valence-electron chi connectivity index (χ3n) is 4.81. The lowest BCUT2D eigenvalue weighted by atomic mass is 10.1. The molecule has 2 aromatic carbocycles. The van der Waals surface area contributed by atoms with Gasteiger partial charge in [-0.25, -0.2) is 8.42 Å². The highest BCUT2D eigenvalue weighted by Crippen LogP contribution is 2.28. The quantitative estimate of drug-likeness (QED) is 0.442. The molecule has 0 fully saturated rings. The molecule has 2 N–H and O–H groups in total. The van der Waals surface area contributed by atoms with Gasteiger partial charge < -0.3 is 14.8 Å². The van der Waals surface area contributed by atoms with Gasteiger partial charge in [-0.3, -0.25) is 14.3 Å². The maximum atomic E-state index is 13.1. The van der Waals surface area contributed by atoms with Crippen molar-refractivity contribution in [3.8, 4) is 5.75 Å². The molecule has 0 saturated carbocycles. The second-order valence-corrected chi connectivity index (χ2v) is 9.79. The molecule has 0 bridgehead atoms. The summed E-state index contributed by atoms with van der Waals surface area (Å²) in [6, 6.07) is 14.0. The number of ether oxygens (including phenoxy) is 2. The fourth-order valence-corrected chi connectivity index (χ4v) is 5.10. The van der Waals surface area contributed by atoms with E-state index in [9.17, 15) is 18.0 Å². The normalized spacial score (nSPS) is 12.0. The molecule has 3 rings (SSSR count). The van der Waals surface area contributed by atoms with Gasteiger partial charge in [-0.05, 0) is 48.7 Å². The summed E-state index contributed by atoms with van der Waals surface area (Å²) in [6.45, 7) is 1.90. The number of thiophene rings is 1. The molecule has 0 aliphatic rings. The summed E-state index contributed by atoms with van der Waals surface area (Å²) >= 11 is 1.39. The Labute approximate surface area is 196 Å². The van der Waals surface area contributed by atoms with Gasteiger partial charge in [0.1, 0.15) is 10.6 Å². The molecule has 33 heavy (non-hydrogen) atoms. The van der Waals surface area contributed by atoms with E-state index in [2.05, 4.69) is 10.0 Å². The topological polar surface area (TPSA) is 111 Å². The van der Waals surface area contributed by atoms with Crippen LogP contribution in [0.15, 0.2) is 64.9 Å². The standard InChI is InChI=1S/C23H24N2O6S2/c1-15-6-9-17(10-7-15)25-33(28,29)21-13-16(8-11-19(21)30-2)23(27)24-18(14-22(26)31-3)20-5-4-12-32-20/h4-13,18,25H,14H2,1-3H3,(H,24,27)/t18-/m1/s1. The summed E-state index contributed by atoms with van der Waals surface area (Å²) in [5.74, 6) is -0.920. The zero-order valence-corrected chi connectivity index (χ0v) is 20.0. The largest absolute Gasteiger partial charge is 0.495 e. The number of carbonyl (C=O) groups excluding carboxylic acids is 2. The molecule has 0 aliphatic heterocycles. The van der Waals surface area contributed by atoms with Gasteiger partial charge in [0.15, 0.2) is 0 Å². The van der Waals surface area contributed by atoms with Gasteiger partial charge in [0.25, 0.3) is 15.9 Å². The molecular formula is C23H24N2O6S2. The minimum atomic E-state index is -4.05. The van der Waals surface area contributed by atoms with Crippen LogP contribution in [0.4, 0.5) is 5.69 Å². The Balaban J connectivity index is 1.89. The predicted octanol–water partition coefficient (Wildman–Crippen LogP) is 3.90. The summed E-state index contributed by atoms with van der Waals surface area (Å²) in [7, 11) is -1.42. The molecule has 1 aromatic heterocycles. The predicted molar refractivity (Wildman–Crippen MR) is 126 cm³/mol. The van der Waals surface area contributed by atoms with Crippen LogP contribution in [-0.4, -0.2) is 34.5 Å². The Kier molecular flexibility index (Phi) is 7.72. The van der Waals surface area contributed by atoms with Crippen LogP contribution in [0.5, 0.6) is 5.75 Å². The van der Waals surface area contributed by atoms with E-state index in [1.807, 2.05) is 18.4 Å². The smallest absolute Gasteiger partial charge is 0.307 e. The van der Waals surface area contributed by atoms with Gasteiger partial charge in [-0.1, -0.05) is 23.8 Å². The number of amides is 1. The van der Waals surface area contributed by atoms with Gasteiger partial charge in [0.2, 0.25) is 0 Å². The van der Waals surface area contributed by atoms with Crippen molar-refractivity contribution in [2.24, 2.45) is 0 Å². The molecule has 0 radical (unpaired) electrons. The van der Waals surface area contributed by atoms with Crippen LogP contribution in [0.2, 0.25) is 0 Å². The van der Waals surface area contributed by atoms with Crippen molar-refractivity contribution in [2.45, 2.75) is 24.3 Å². The highest BCUT2D eigenvalue weighted by Gasteiger charge is 2.24. The van der Waals surface area contributed by atoms with Gasteiger partial charge >= 0.3 is 5.97 Å². The second kappa shape index (κ2) is 10.5. The maximum absolute atomic E-state index is 13.1. The Hall–Kier alpha value is -3.37. The van der Waals surface area contributed by atoms with Crippen LogP contribution in [-0.2, 0) is 19.6 Å². The summed E-state index contributed by atoms with van der Waals surface area (Å²) in [6.07, 6.45) is -0.0565. The summed E-state index contributed by atoms with van der Waals surface area (Å²) in [5, 5.41) is 4.62. The first-order chi connectivity index (χ1) is 15.7. The van der Waals surface area contributed by atoms with Crippen molar-refractivity contribution in [1.29, 1.82) is 0 Å². The average Bonchev–Trinajstić information content (AvgIpc) is 3.34. The van der Waals surface area contributed by atoms with Crippen LogP contribution >= 0.6 is 11.3 Å². The lowest BCUT2D eigenvalue weighted by molar-refractivity contribution is -0.141. The SMILES string of the molecule is COC(=O)C[C@@H](NC(=O)c1ccc(OC)c(S(=O)(=O)Nc2ccc(C)cc2)c1)c1cccs1. The number of rotatable bonds is 9. The van der Waals surface area contributed by atoms with E-state index in [0.29, 0.717) is 5.69 Å². The molecular weight excluding hydrogens is 464 g/mol. The Morgan fingerprint density at radius 2 is 1.79 bits per heavy atom. The van der Waals surface area contributed by atoms with Crippen molar-refractivity contribution in [2.75, 3.05) is 18.9 Å². The first-order valence-electron chi connectivity index (χ1n) is 9.92. The third-order valence-corrected chi connectivity index (χ3v) is 7.20. The minimum Gasteiger partial charge on any atom is -0.495 e. The summed E-state index contributed by atoms with van der Waals surface area (Å²) in [5.41, 5.74) is 1.47. The lowest BCUT2D eigenvalue weighted by Gasteiger charge is -2.17. The number of anilines is 1. The van der Waals surface area contributed by atoms with E-state index < -0.39 is 27.9 Å². The molecule has 1 atom stereocenters. The van der Waals surface area contributed by atoms with E-state index in [1.54, 1.807) is 30.3 Å². The Morgan fingerprint density at radius 3 is 2.39 bits per heavy atom. The number of hydrogen-bond acceptors (Lipinski definition) is 7. The van der Waals surface area contributed by atoms with Crippen LogP contribution in [0.3, 0.4) is 0 Å². The summed E-state index contributed by atoms with van der Waals surface area (Å²) in [4.78, 5) is 25.4. The zero-order valence-electron chi connectivity index (χ0n) is 18.3. The maximum Gasteiger partial charge on any atom is 0.307 e. The molecule has 0 spiro atoms. The molecule has 10 heteroatoms. The molecule has 8 nitrogen and oxygen atoms in total. The summed E-state index contributed by atoms with van der Waals surface area (Å²) < 4.78 is 38.6. The monoisotopic (exact) mass is 488 g/mol. The van der Waals surface area contributed by atoms with Crippen LogP contribution in [0.1, 0.15) is 33.3 Å². The van der Waals surface area contributed by atoms with Crippen molar-refractivity contribution in [3.63, 3.8) is 0 Å². The van der Waals surface area contributed by atoms with Gasteiger partial charge in [-0.15, -0.1) is 11.3 Å². The zero-order chi connectivity index (χ0) is 24.0. The highest BCUT2D eigenvalue weighted by atomic mass is 32.2. The first kappa shape index (κ1) is 24.3. The number of nitrogens with one attached hydrogen (secondary N) is 2. The Morgan fingerprint density at radius 1 is 1.06 bits per heavy atom. The lowest BCUT2D eigenvalue weighted by Crippen LogP contribution is -2.30. The number of hydrogen-bond donors (Lipinski definition) is 2. The highest BCUT2D eigenvalue weighted by molar-refractivity contribution is 7.92. The van der Waals surface area contributed by atoms with Gasteiger partial charge in [0, 0.05) is 16.1 Å². The van der Waals surface area contributed by atoms with Crippen LogP contribution in [0.25, 0.3) is 0 Å². The fourth-order valence-electron chi connectivity index (χ4n) is 3.06. The van der Waals surface area contributed by atoms with Gasteiger partial charge in [-0.2, -0.15) is 0 Å². The minimum absolute atomic E-state index is 0.0565. The molecule has 0 aliphatic carbocycles. The van der Waals surface area contributed by atoms with Crippen LogP contribution < -0.4 is 14.8 Å². The Bertz CT molecular complexity index is 1220. The second-order valence-electron chi connectivity index (χ2n) is 7.16. The number of methoxy groups -OCH3 is 2. The molecule has 3 aromatic rings. The van der Waals surface area contributed by atoms with Crippen molar-refractivity contribution in [3.05, 3.63) is 76.0 Å². The van der Waals surface area contributed by atoms with E-state index in [1.165, 1.54) is 43.8 Å². The molecule has 0 saturated heterocycles. The first-order valence-corrected chi connectivity index (χ1v) is 12.3. The van der Waals surface area contributed by atoms with Crippen molar-refractivity contribution in [1.82, 2.24) is 5.32 Å². The number of benzene rings is 2. The number of aryl methyl sites for hydroxylation is 1. The van der Waals surface area contributed by atoms with Crippen LogP contribution in [0, 0.1) is 6.92 Å². The van der Waals surface area contributed by atoms with E-state index in [4.69, 9.17) is 9.47 Å². The molecule has 174 valence electrons. The number of esters is 1. The number of sulfonamides is 1. The molecule has 0 unspecified atom stereocenters. The molecule has 1 heterocycles. The van der Waals surface area contributed by atoms with Gasteiger partial charge in [0.05, 0.1) is 26.7 Å². The van der Waals surface area contributed by atoms with Crippen molar-refractivity contribution >= 4 is 38.9 Å².